The van der Waals surface area contributed by atoms with Crippen LogP contribution < -0.4 is 5.32 Å². The predicted molar refractivity (Wildman–Crippen MR) is 61.5 cm³/mol. The van der Waals surface area contributed by atoms with Gasteiger partial charge in [-0.15, -0.1) is 11.3 Å². The van der Waals surface area contributed by atoms with Crippen molar-refractivity contribution in [1.29, 1.82) is 0 Å². The highest BCUT2D eigenvalue weighted by Crippen LogP contribution is 2.19. The summed E-state index contributed by atoms with van der Waals surface area (Å²) in [6.07, 6.45) is 0. The van der Waals surface area contributed by atoms with Gasteiger partial charge in [-0.1, -0.05) is 6.07 Å². The molecule has 0 aliphatic rings. The molecule has 0 aliphatic carbocycles. The lowest BCUT2D eigenvalue weighted by atomic mass is 10.2. The molecule has 2 amide bonds. The number of nitrogens with zero attached hydrogens (tertiary/aromatic N) is 1. The third-order valence-electron chi connectivity index (χ3n) is 2.16. The van der Waals surface area contributed by atoms with Gasteiger partial charge in [0.2, 0.25) is 0 Å². The van der Waals surface area contributed by atoms with E-state index in [2.05, 4.69) is 5.32 Å². The number of carboxylic acids is 1. The van der Waals surface area contributed by atoms with Gasteiger partial charge < -0.3 is 15.3 Å². The number of carbonyl (C=O) groups excluding carboxylic acids is 1. The molecule has 0 aliphatic heterocycles. The van der Waals surface area contributed by atoms with Crippen LogP contribution in [0.3, 0.4) is 0 Å². The Morgan fingerprint density at radius 3 is 2.75 bits per heavy atom. The van der Waals surface area contributed by atoms with E-state index in [9.17, 15) is 9.59 Å². The SMILES string of the molecule is CCN(C)C(=O)NC(C(=O)O)c1cccs1. The number of carbonyl (C=O) groups is 2. The molecule has 0 saturated heterocycles. The van der Waals surface area contributed by atoms with Crippen LogP contribution in [0.1, 0.15) is 17.8 Å². The van der Waals surface area contributed by atoms with Crippen molar-refractivity contribution in [3.8, 4) is 0 Å². The lowest BCUT2D eigenvalue weighted by molar-refractivity contribution is -0.139. The highest BCUT2D eigenvalue weighted by atomic mass is 32.1. The summed E-state index contributed by atoms with van der Waals surface area (Å²) in [6, 6.07) is 2.09. The average Bonchev–Trinajstić information content (AvgIpc) is 2.76. The second kappa shape index (κ2) is 5.50. The minimum atomic E-state index is -1.06. The van der Waals surface area contributed by atoms with Crippen molar-refractivity contribution in [3.05, 3.63) is 22.4 Å². The van der Waals surface area contributed by atoms with Gasteiger partial charge in [0.15, 0.2) is 6.04 Å². The molecule has 0 aromatic carbocycles. The van der Waals surface area contributed by atoms with Crippen molar-refractivity contribution >= 4 is 23.3 Å². The Hall–Kier alpha value is -1.56. The summed E-state index contributed by atoms with van der Waals surface area (Å²) in [7, 11) is 1.61. The molecule has 88 valence electrons. The topological polar surface area (TPSA) is 69.6 Å². The summed E-state index contributed by atoms with van der Waals surface area (Å²) in [4.78, 5) is 24.6. The molecule has 0 radical (unpaired) electrons. The Morgan fingerprint density at radius 2 is 2.31 bits per heavy atom. The lowest BCUT2D eigenvalue weighted by Crippen LogP contribution is -2.41. The Morgan fingerprint density at radius 1 is 1.62 bits per heavy atom. The quantitative estimate of drug-likeness (QED) is 0.841. The molecule has 1 rings (SSSR count). The van der Waals surface area contributed by atoms with Gasteiger partial charge in [-0.05, 0) is 18.4 Å². The van der Waals surface area contributed by atoms with Crippen molar-refractivity contribution in [3.63, 3.8) is 0 Å². The molecule has 1 heterocycles. The van der Waals surface area contributed by atoms with Crippen LogP contribution in [-0.4, -0.2) is 35.6 Å². The number of aliphatic carboxylic acids is 1. The molecular weight excluding hydrogens is 228 g/mol. The van der Waals surface area contributed by atoms with Crippen LogP contribution in [0, 0.1) is 0 Å². The maximum absolute atomic E-state index is 11.5. The molecule has 1 atom stereocenters. The Bertz CT molecular complexity index is 364. The number of urea groups is 1. The van der Waals surface area contributed by atoms with Gasteiger partial charge in [-0.2, -0.15) is 0 Å². The normalized spacial score (nSPS) is 11.9. The first-order valence-electron chi connectivity index (χ1n) is 4.84. The Balaban J connectivity index is 2.74. The summed E-state index contributed by atoms with van der Waals surface area (Å²) in [5.74, 6) is -1.06. The highest BCUT2D eigenvalue weighted by molar-refractivity contribution is 7.10. The molecule has 6 heteroatoms. The monoisotopic (exact) mass is 242 g/mol. The minimum absolute atomic E-state index is 0.386. The molecule has 2 N–H and O–H groups in total. The number of nitrogens with one attached hydrogen (secondary N) is 1. The zero-order valence-electron chi connectivity index (χ0n) is 9.14. The average molecular weight is 242 g/mol. The van der Waals surface area contributed by atoms with Crippen LogP contribution in [-0.2, 0) is 4.79 Å². The largest absolute Gasteiger partial charge is 0.479 e. The van der Waals surface area contributed by atoms with E-state index in [4.69, 9.17) is 5.11 Å². The number of hydrogen-bond donors (Lipinski definition) is 2. The summed E-state index contributed by atoms with van der Waals surface area (Å²) >= 11 is 1.31. The molecule has 5 nitrogen and oxygen atoms in total. The van der Waals surface area contributed by atoms with Gasteiger partial charge in [0.25, 0.3) is 0 Å². The van der Waals surface area contributed by atoms with Crippen LogP contribution in [0.4, 0.5) is 4.79 Å². The van der Waals surface area contributed by atoms with Crippen molar-refractivity contribution in [2.24, 2.45) is 0 Å². The number of rotatable bonds is 4. The van der Waals surface area contributed by atoms with E-state index in [1.165, 1.54) is 16.2 Å². The summed E-state index contributed by atoms with van der Waals surface area (Å²) in [5.41, 5.74) is 0. The first kappa shape index (κ1) is 12.5. The van der Waals surface area contributed by atoms with E-state index >= 15 is 0 Å². The Labute approximate surface area is 97.7 Å². The lowest BCUT2D eigenvalue weighted by Gasteiger charge is -2.19. The number of amides is 2. The van der Waals surface area contributed by atoms with E-state index in [0.29, 0.717) is 11.4 Å². The highest BCUT2D eigenvalue weighted by Gasteiger charge is 2.23. The van der Waals surface area contributed by atoms with Crippen LogP contribution in [0.2, 0.25) is 0 Å². The molecule has 0 fully saturated rings. The van der Waals surface area contributed by atoms with E-state index in [0.717, 1.165) is 0 Å². The molecule has 0 spiro atoms. The molecule has 0 saturated carbocycles. The fraction of sp³-hybridized carbons (Fsp3) is 0.400. The number of hydrogen-bond acceptors (Lipinski definition) is 3. The van der Waals surface area contributed by atoms with Gasteiger partial charge in [-0.3, -0.25) is 0 Å². The standard InChI is InChI=1S/C10H14N2O3S/c1-3-12(2)10(15)11-8(9(13)14)7-5-4-6-16-7/h4-6,8H,3H2,1-2H3,(H,11,15)(H,13,14). The number of carboxylic acid groups (broad SMARTS) is 1. The summed E-state index contributed by atoms with van der Waals surface area (Å²) in [6.45, 7) is 2.35. The first-order chi connectivity index (χ1) is 7.56. The van der Waals surface area contributed by atoms with Crippen LogP contribution in [0.5, 0.6) is 0 Å². The van der Waals surface area contributed by atoms with Gasteiger partial charge in [-0.25, -0.2) is 9.59 Å². The fourth-order valence-electron chi connectivity index (χ4n) is 1.09. The smallest absolute Gasteiger partial charge is 0.331 e. The van der Waals surface area contributed by atoms with Crippen molar-refractivity contribution < 1.29 is 14.7 Å². The van der Waals surface area contributed by atoms with Crippen LogP contribution in [0.15, 0.2) is 17.5 Å². The first-order valence-corrected chi connectivity index (χ1v) is 5.72. The van der Waals surface area contributed by atoms with Crippen molar-refractivity contribution in [2.45, 2.75) is 13.0 Å². The van der Waals surface area contributed by atoms with Crippen LogP contribution >= 0.6 is 11.3 Å². The van der Waals surface area contributed by atoms with Gasteiger partial charge in [0.05, 0.1) is 0 Å². The molecule has 0 bridgehead atoms. The second-order valence-corrected chi connectivity index (χ2v) is 4.23. The zero-order chi connectivity index (χ0) is 12.1. The maximum Gasteiger partial charge on any atom is 0.331 e. The minimum Gasteiger partial charge on any atom is -0.479 e. The van der Waals surface area contributed by atoms with E-state index in [1.807, 2.05) is 6.92 Å². The van der Waals surface area contributed by atoms with Gasteiger partial charge >= 0.3 is 12.0 Å². The third kappa shape index (κ3) is 2.96. The molecule has 16 heavy (non-hydrogen) atoms. The second-order valence-electron chi connectivity index (χ2n) is 3.25. The van der Waals surface area contributed by atoms with Crippen LogP contribution in [0.25, 0.3) is 0 Å². The van der Waals surface area contributed by atoms with E-state index in [-0.39, 0.29) is 6.03 Å². The van der Waals surface area contributed by atoms with Gasteiger partial charge in [0.1, 0.15) is 0 Å². The summed E-state index contributed by atoms with van der Waals surface area (Å²) in [5, 5.41) is 13.3. The third-order valence-corrected chi connectivity index (χ3v) is 3.10. The van der Waals surface area contributed by atoms with Gasteiger partial charge in [0, 0.05) is 18.5 Å². The fourth-order valence-corrected chi connectivity index (χ4v) is 1.85. The predicted octanol–water partition coefficient (Wildman–Crippen LogP) is 1.54. The molecule has 1 aromatic heterocycles. The van der Waals surface area contributed by atoms with Crippen molar-refractivity contribution in [2.75, 3.05) is 13.6 Å². The molecular formula is C10H14N2O3S. The maximum atomic E-state index is 11.5. The Kier molecular flexibility index (Phi) is 4.30. The number of thiophene rings is 1. The summed E-state index contributed by atoms with van der Waals surface area (Å²) < 4.78 is 0. The van der Waals surface area contributed by atoms with Crippen molar-refractivity contribution in [1.82, 2.24) is 10.2 Å². The van der Waals surface area contributed by atoms with E-state index in [1.54, 1.807) is 24.6 Å². The van der Waals surface area contributed by atoms with E-state index < -0.39 is 12.0 Å². The molecule has 1 aromatic rings. The zero-order valence-corrected chi connectivity index (χ0v) is 9.95. The molecule has 1 unspecified atom stereocenters.